The number of aromatic amines is 1. The van der Waals surface area contributed by atoms with Crippen molar-refractivity contribution in [2.75, 3.05) is 13.1 Å². The molecule has 0 aromatic carbocycles. The van der Waals surface area contributed by atoms with Crippen LogP contribution in [0, 0.1) is 5.92 Å². The highest BCUT2D eigenvalue weighted by atomic mass is 16.2. The monoisotopic (exact) mass is 237 g/mol. The molecule has 1 aliphatic heterocycles. The maximum Gasteiger partial charge on any atom is 0.328 e. The van der Waals surface area contributed by atoms with Crippen molar-refractivity contribution in [2.45, 2.75) is 32.7 Å². The van der Waals surface area contributed by atoms with E-state index in [9.17, 15) is 9.59 Å². The maximum absolute atomic E-state index is 11.7. The van der Waals surface area contributed by atoms with Crippen LogP contribution in [-0.2, 0) is 13.0 Å². The van der Waals surface area contributed by atoms with Gasteiger partial charge in [-0.1, -0.05) is 6.92 Å². The van der Waals surface area contributed by atoms with Crippen molar-refractivity contribution < 1.29 is 0 Å². The highest BCUT2D eigenvalue weighted by Gasteiger charge is 2.14. The van der Waals surface area contributed by atoms with E-state index < -0.39 is 0 Å². The second-order valence-corrected chi connectivity index (χ2v) is 4.61. The van der Waals surface area contributed by atoms with E-state index in [-0.39, 0.29) is 11.2 Å². The summed E-state index contributed by atoms with van der Waals surface area (Å²) in [5.74, 6) is 0.532. The van der Waals surface area contributed by atoms with Gasteiger partial charge in [-0.25, -0.2) is 4.79 Å². The Labute approximate surface area is 99.9 Å². The van der Waals surface area contributed by atoms with Crippen LogP contribution in [0.2, 0.25) is 0 Å². The number of H-pyrrole nitrogens is 1. The molecule has 1 aliphatic rings. The molecule has 1 aromatic rings. The molecule has 0 atom stereocenters. The molecule has 0 saturated carbocycles. The van der Waals surface area contributed by atoms with Gasteiger partial charge in [0, 0.05) is 18.3 Å². The maximum atomic E-state index is 11.7. The van der Waals surface area contributed by atoms with E-state index in [1.807, 2.05) is 6.92 Å². The normalized spacial score (nSPS) is 17.2. The summed E-state index contributed by atoms with van der Waals surface area (Å²) in [5.41, 5.74) is 0.142. The summed E-state index contributed by atoms with van der Waals surface area (Å²) in [5, 5.41) is 3.30. The zero-order chi connectivity index (χ0) is 12.3. The molecule has 0 radical (unpaired) electrons. The second-order valence-electron chi connectivity index (χ2n) is 4.61. The molecule has 5 nitrogen and oxygen atoms in total. The summed E-state index contributed by atoms with van der Waals surface area (Å²) in [6.45, 7) is 4.67. The lowest BCUT2D eigenvalue weighted by molar-refractivity contribution is 0.327. The van der Waals surface area contributed by atoms with Crippen molar-refractivity contribution in [3.63, 3.8) is 0 Å². The number of nitrogens with one attached hydrogen (secondary N) is 2. The minimum Gasteiger partial charge on any atom is -0.317 e. The third kappa shape index (κ3) is 2.85. The Morgan fingerprint density at radius 2 is 2.06 bits per heavy atom. The highest BCUT2D eigenvalue weighted by molar-refractivity contribution is 5.03. The highest BCUT2D eigenvalue weighted by Crippen LogP contribution is 2.12. The zero-order valence-electron chi connectivity index (χ0n) is 10.2. The number of piperidine rings is 1. The first-order valence-electron chi connectivity index (χ1n) is 6.24. The molecule has 94 valence electrons. The predicted octanol–water partition coefficient (Wildman–Crippen LogP) is 0.0986. The molecule has 0 aliphatic carbocycles. The first-order chi connectivity index (χ1) is 8.20. The van der Waals surface area contributed by atoms with Gasteiger partial charge in [0.25, 0.3) is 5.56 Å². The Balaban J connectivity index is 2.19. The summed E-state index contributed by atoms with van der Waals surface area (Å²) in [6, 6.07) is 0. The Bertz CT molecular complexity index is 483. The van der Waals surface area contributed by atoms with Crippen LogP contribution in [-0.4, -0.2) is 22.6 Å². The Hall–Kier alpha value is -1.36. The average molecular weight is 237 g/mol. The van der Waals surface area contributed by atoms with Crippen LogP contribution in [0.25, 0.3) is 0 Å². The van der Waals surface area contributed by atoms with Crippen molar-refractivity contribution in [1.82, 2.24) is 14.9 Å². The van der Waals surface area contributed by atoms with Gasteiger partial charge in [0.15, 0.2) is 0 Å². The topological polar surface area (TPSA) is 66.9 Å². The molecule has 2 heterocycles. The van der Waals surface area contributed by atoms with Crippen LogP contribution in [0.15, 0.2) is 15.8 Å². The second kappa shape index (κ2) is 5.31. The average Bonchev–Trinajstić information content (AvgIpc) is 2.34. The van der Waals surface area contributed by atoms with Crippen LogP contribution in [0.5, 0.6) is 0 Å². The molecule has 1 aromatic heterocycles. The summed E-state index contributed by atoms with van der Waals surface area (Å²) in [4.78, 5) is 25.5. The van der Waals surface area contributed by atoms with E-state index in [0.717, 1.165) is 25.9 Å². The zero-order valence-corrected chi connectivity index (χ0v) is 10.2. The minimum absolute atomic E-state index is 0.251. The smallest absolute Gasteiger partial charge is 0.317 e. The SMILES string of the molecule is CCc1cn(CC2CCNCC2)c(=O)[nH]c1=O. The summed E-state index contributed by atoms with van der Waals surface area (Å²) >= 11 is 0. The van der Waals surface area contributed by atoms with Crippen molar-refractivity contribution in [2.24, 2.45) is 5.92 Å². The Morgan fingerprint density at radius 3 is 2.71 bits per heavy atom. The van der Waals surface area contributed by atoms with Crippen molar-refractivity contribution in [3.8, 4) is 0 Å². The van der Waals surface area contributed by atoms with Gasteiger partial charge < -0.3 is 9.88 Å². The molecule has 0 amide bonds. The summed E-state index contributed by atoms with van der Waals surface area (Å²) < 4.78 is 1.65. The Kier molecular flexibility index (Phi) is 3.78. The van der Waals surface area contributed by atoms with Crippen molar-refractivity contribution in [1.29, 1.82) is 0 Å². The van der Waals surface area contributed by atoms with Crippen LogP contribution in [0.4, 0.5) is 0 Å². The lowest BCUT2D eigenvalue weighted by Crippen LogP contribution is -2.36. The fourth-order valence-electron chi connectivity index (χ4n) is 2.28. The summed E-state index contributed by atoms with van der Waals surface area (Å²) in [7, 11) is 0. The van der Waals surface area contributed by atoms with E-state index in [1.54, 1.807) is 10.8 Å². The van der Waals surface area contributed by atoms with Crippen LogP contribution in [0.3, 0.4) is 0 Å². The largest absolute Gasteiger partial charge is 0.328 e. The van der Waals surface area contributed by atoms with Gasteiger partial charge in [0.2, 0.25) is 0 Å². The van der Waals surface area contributed by atoms with E-state index in [0.29, 0.717) is 24.4 Å². The third-order valence-electron chi connectivity index (χ3n) is 3.38. The quantitative estimate of drug-likeness (QED) is 0.783. The molecule has 17 heavy (non-hydrogen) atoms. The van der Waals surface area contributed by atoms with Gasteiger partial charge in [0.1, 0.15) is 0 Å². The number of nitrogens with zero attached hydrogens (tertiary/aromatic N) is 1. The molecule has 1 fully saturated rings. The predicted molar refractivity (Wildman–Crippen MR) is 66.3 cm³/mol. The van der Waals surface area contributed by atoms with Crippen molar-refractivity contribution >= 4 is 0 Å². The van der Waals surface area contributed by atoms with Gasteiger partial charge >= 0.3 is 5.69 Å². The Morgan fingerprint density at radius 1 is 1.35 bits per heavy atom. The fourth-order valence-corrected chi connectivity index (χ4v) is 2.28. The van der Waals surface area contributed by atoms with Gasteiger partial charge in [-0.15, -0.1) is 0 Å². The van der Waals surface area contributed by atoms with Crippen LogP contribution in [0.1, 0.15) is 25.3 Å². The van der Waals surface area contributed by atoms with Gasteiger partial charge in [-0.2, -0.15) is 0 Å². The standard InChI is InChI=1S/C12H19N3O2/c1-2-10-8-15(12(17)14-11(10)16)7-9-3-5-13-6-4-9/h8-9,13H,2-7H2,1H3,(H,14,16,17). The number of hydrogen-bond donors (Lipinski definition) is 2. The lowest BCUT2D eigenvalue weighted by Gasteiger charge is -2.23. The first-order valence-corrected chi connectivity index (χ1v) is 6.24. The number of aryl methyl sites for hydroxylation is 1. The van der Waals surface area contributed by atoms with Crippen LogP contribution >= 0.6 is 0 Å². The van der Waals surface area contributed by atoms with Crippen LogP contribution < -0.4 is 16.6 Å². The fraction of sp³-hybridized carbons (Fsp3) is 0.667. The molecule has 1 saturated heterocycles. The minimum atomic E-state index is -0.286. The van der Waals surface area contributed by atoms with Gasteiger partial charge in [-0.3, -0.25) is 9.78 Å². The third-order valence-corrected chi connectivity index (χ3v) is 3.38. The first kappa shape index (κ1) is 12.1. The van der Waals surface area contributed by atoms with E-state index in [1.165, 1.54) is 0 Å². The van der Waals surface area contributed by atoms with Crippen molar-refractivity contribution in [3.05, 3.63) is 32.6 Å². The molecule has 0 bridgehead atoms. The molecule has 2 N–H and O–H groups in total. The molecular weight excluding hydrogens is 218 g/mol. The molecular formula is C12H19N3O2. The molecule has 0 spiro atoms. The molecule has 2 rings (SSSR count). The molecule has 5 heteroatoms. The van der Waals surface area contributed by atoms with E-state index in [2.05, 4.69) is 10.3 Å². The number of hydrogen-bond acceptors (Lipinski definition) is 3. The number of rotatable bonds is 3. The molecule has 0 unspecified atom stereocenters. The van der Waals surface area contributed by atoms with Gasteiger partial charge in [-0.05, 0) is 38.3 Å². The lowest BCUT2D eigenvalue weighted by atomic mass is 9.98. The van der Waals surface area contributed by atoms with E-state index in [4.69, 9.17) is 0 Å². The summed E-state index contributed by atoms with van der Waals surface area (Å²) in [6.07, 6.45) is 4.55. The van der Waals surface area contributed by atoms with Gasteiger partial charge in [0.05, 0.1) is 0 Å². The van der Waals surface area contributed by atoms with E-state index >= 15 is 0 Å². The number of aromatic nitrogens is 2.